The lowest BCUT2D eigenvalue weighted by molar-refractivity contribution is -0.135. The van der Waals surface area contributed by atoms with E-state index in [1.807, 2.05) is 12.1 Å². The number of benzene rings is 1. The van der Waals surface area contributed by atoms with Crippen LogP contribution in [0, 0.1) is 0 Å². The van der Waals surface area contributed by atoms with Crippen LogP contribution in [0.25, 0.3) is 0 Å². The number of aliphatic hydroxyl groups is 1. The van der Waals surface area contributed by atoms with Gasteiger partial charge in [0.2, 0.25) is 0 Å². The van der Waals surface area contributed by atoms with Crippen molar-refractivity contribution in [2.24, 2.45) is 0 Å². The van der Waals surface area contributed by atoms with E-state index in [2.05, 4.69) is 26.0 Å². The highest BCUT2D eigenvalue weighted by molar-refractivity contribution is 5.86. The van der Waals surface area contributed by atoms with Gasteiger partial charge in [0.25, 0.3) is 0 Å². The Bertz CT molecular complexity index is 374. The first-order valence-electron chi connectivity index (χ1n) is 6.21. The van der Waals surface area contributed by atoms with Crippen molar-refractivity contribution < 1.29 is 9.90 Å². The smallest absolute Gasteiger partial charge is 0.164 e. The zero-order valence-electron chi connectivity index (χ0n) is 11.2. The molecule has 0 fully saturated rings. The molecule has 0 aromatic heterocycles. The van der Waals surface area contributed by atoms with Crippen molar-refractivity contribution in [1.29, 1.82) is 0 Å². The summed E-state index contributed by atoms with van der Waals surface area (Å²) < 4.78 is 0. The number of hydrogen-bond acceptors (Lipinski definition) is 2. The third-order valence-electron chi connectivity index (χ3n) is 3.12. The van der Waals surface area contributed by atoms with Gasteiger partial charge in [0.1, 0.15) is 5.60 Å². The summed E-state index contributed by atoms with van der Waals surface area (Å²) in [5.41, 5.74) is 1.03. The molecule has 1 aromatic rings. The summed E-state index contributed by atoms with van der Waals surface area (Å²) in [4.78, 5) is 11.6. The van der Waals surface area contributed by atoms with Gasteiger partial charge in [-0.1, -0.05) is 45.0 Å². The molecule has 1 rings (SSSR count). The average Bonchev–Trinajstić information content (AvgIpc) is 2.28. The monoisotopic (exact) mass is 234 g/mol. The van der Waals surface area contributed by atoms with Crippen molar-refractivity contribution in [3.05, 3.63) is 35.4 Å². The SMILES string of the molecule is CCC(=O)C(C)(O)Cc1ccc(C(C)C)cc1. The molecule has 2 heteroatoms. The van der Waals surface area contributed by atoms with E-state index >= 15 is 0 Å². The van der Waals surface area contributed by atoms with E-state index in [9.17, 15) is 9.90 Å². The lowest BCUT2D eigenvalue weighted by Gasteiger charge is -2.21. The summed E-state index contributed by atoms with van der Waals surface area (Å²) in [6, 6.07) is 8.11. The number of ketones is 1. The van der Waals surface area contributed by atoms with Gasteiger partial charge in [-0.2, -0.15) is 0 Å². The molecular formula is C15H22O2. The van der Waals surface area contributed by atoms with Crippen LogP contribution in [0.2, 0.25) is 0 Å². The lowest BCUT2D eigenvalue weighted by atomic mass is 9.90. The van der Waals surface area contributed by atoms with E-state index in [1.54, 1.807) is 13.8 Å². The number of carbonyl (C=O) groups excluding carboxylic acids is 1. The number of rotatable bonds is 5. The minimum atomic E-state index is -1.24. The number of carbonyl (C=O) groups is 1. The molecule has 0 aliphatic rings. The Balaban J connectivity index is 2.79. The molecule has 17 heavy (non-hydrogen) atoms. The Morgan fingerprint density at radius 1 is 1.29 bits per heavy atom. The molecule has 0 saturated heterocycles. The van der Waals surface area contributed by atoms with Crippen LogP contribution in [-0.4, -0.2) is 16.5 Å². The maximum atomic E-state index is 11.6. The summed E-state index contributed by atoms with van der Waals surface area (Å²) in [5, 5.41) is 10.1. The van der Waals surface area contributed by atoms with E-state index in [0.717, 1.165) is 5.56 Å². The highest BCUT2D eigenvalue weighted by Gasteiger charge is 2.28. The van der Waals surface area contributed by atoms with Crippen LogP contribution in [0.15, 0.2) is 24.3 Å². The van der Waals surface area contributed by atoms with Crippen molar-refractivity contribution in [1.82, 2.24) is 0 Å². The number of hydrogen-bond donors (Lipinski definition) is 1. The molecule has 2 nitrogen and oxygen atoms in total. The van der Waals surface area contributed by atoms with E-state index in [-0.39, 0.29) is 5.78 Å². The maximum Gasteiger partial charge on any atom is 0.164 e. The Labute approximate surface area is 104 Å². The van der Waals surface area contributed by atoms with Gasteiger partial charge >= 0.3 is 0 Å². The minimum Gasteiger partial charge on any atom is -0.382 e. The molecule has 1 N–H and O–H groups in total. The predicted molar refractivity (Wildman–Crippen MR) is 70.2 cm³/mol. The molecule has 1 aromatic carbocycles. The summed E-state index contributed by atoms with van der Waals surface area (Å²) in [7, 11) is 0. The Morgan fingerprint density at radius 2 is 1.82 bits per heavy atom. The normalized spacial score (nSPS) is 14.7. The van der Waals surface area contributed by atoms with Gasteiger partial charge < -0.3 is 5.11 Å². The van der Waals surface area contributed by atoms with Crippen LogP contribution >= 0.6 is 0 Å². The van der Waals surface area contributed by atoms with Gasteiger partial charge in [0, 0.05) is 12.8 Å². The molecule has 1 atom stereocenters. The van der Waals surface area contributed by atoms with Crippen molar-refractivity contribution >= 4 is 5.78 Å². The van der Waals surface area contributed by atoms with E-state index in [0.29, 0.717) is 18.8 Å². The van der Waals surface area contributed by atoms with Crippen molar-refractivity contribution in [2.45, 2.75) is 52.1 Å². The second-order valence-electron chi connectivity index (χ2n) is 5.12. The summed E-state index contributed by atoms with van der Waals surface area (Å²) in [5.74, 6) is 0.396. The van der Waals surface area contributed by atoms with Gasteiger partial charge in [-0.15, -0.1) is 0 Å². The molecule has 0 aliphatic heterocycles. The molecular weight excluding hydrogens is 212 g/mol. The highest BCUT2D eigenvalue weighted by Crippen LogP contribution is 2.19. The van der Waals surface area contributed by atoms with Crippen LogP contribution in [0.3, 0.4) is 0 Å². The summed E-state index contributed by atoms with van der Waals surface area (Å²) in [6.45, 7) is 7.66. The Morgan fingerprint density at radius 3 is 2.24 bits per heavy atom. The predicted octanol–water partition coefficient (Wildman–Crippen LogP) is 3.08. The molecule has 0 aliphatic carbocycles. The molecule has 0 radical (unpaired) electrons. The van der Waals surface area contributed by atoms with Crippen molar-refractivity contribution in [2.75, 3.05) is 0 Å². The van der Waals surface area contributed by atoms with Crippen LogP contribution < -0.4 is 0 Å². The third kappa shape index (κ3) is 3.67. The third-order valence-corrected chi connectivity index (χ3v) is 3.12. The minimum absolute atomic E-state index is 0.106. The largest absolute Gasteiger partial charge is 0.382 e. The fraction of sp³-hybridized carbons (Fsp3) is 0.533. The molecule has 0 bridgehead atoms. The van der Waals surface area contributed by atoms with Gasteiger partial charge in [0.15, 0.2) is 5.78 Å². The highest BCUT2D eigenvalue weighted by atomic mass is 16.3. The van der Waals surface area contributed by atoms with Crippen LogP contribution in [0.5, 0.6) is 0 Å². The van der Waals surface area contributed by atoms with Gasteiger partial charge in [-0.05, 0) is 24.0 Å². The molecule has 0 spiro atoms. The standard InChI is InChI=1S/C15H22O2/c1-5-14(16)15(4,17)10-12-6-8-13(9-7-12)11(2)3/h6-9,11,17H,5,10H2,1-4H3. The quantitative estimate of drug-likeness (QED) is 0.850. The second-order valence-corrected chi connectivity index (χ2v) is 5.12. The number of Topliss-reactive ketones (excluding diaryl/α,β-unsaturated/α-hetero) is 1. The van der Waals surface area contributed by atoms with Crippen LogP contribution in [0.1, 0.15) is 51.2 Å². The molecule has 0 saturated carbocycles. The summed E-state index contributed by atoms with van der Waals surface area (Å²) in [6.07, 6.45) is 0.759. The van der Waals surface area contributed by atoms with Crippen LogP contribution in [0.4, 0.5) is 0 Å². The Hall–Kier alpha value is -1.15. The second kappa shape index (κ2) is 5.46. The lowest BCUT2D eigenvalue weighted by Crippen LogP contribution is -2.36. The first kappa shape index (κ1) is 13.9. The van der Waals surface area contributed by atoms with Crippen molar-refractivity contribution in [3.8, 4) is 0 Å². The van der Waals surface area contributed by atoms with Gasteiger partial charge in [-0.3, -0.25) is 4.79 Å². The van der Waals surface area contributed by atoms with Gasteiger partial charge in [0.05, 0.1) is 0 Å². The fourth-order valence-corrected chi connectivity index (χ4v) is 1.90. The molecule has 94 valence electrons. The van der Waals surface area contributed by atoms with E-state index in [1.165, 1.54) is 5.56 Å². The maximum absolute atomic E-state index is 11.6. The van der Waals surface area contributed by atoms with Crippen molar-refractivity contribution in [3.63, 3.8) is 0 Å². The van der Waals surface area contributed by atoms with E-state index < -0.39 is 5.60 Å². The molecule has 0 amide bonds. The Kier molecular flexibility index (Phi) is 4.47. The topological polar surface area (TPSA) is 37.3 Å². The molecule has 0 heterocycles. The zero-order valence-corrected chi connectivity index (χ0v) is 11.2. The van der Waals surface area contributed by atoms with Gasteiger partial charge in [-0.25, -0.2) is 0 Å². The first-order chi connectivity index (χ1) is 7.86. The van der Waals surface area contributed by atoms with E-state index in [4.69, 9.17) is 0 Å². The fourth-order valence-electron chi connectivity index (χ4n) is 1.90. The first-order valence-corrected chi connectivity index (χ1v) is 6.21. The average molecular weight is 234 g/mol. The van der Waals surface area contributed by atoms with Crippen LogP contribution in [-0.2, 0) is 11.2 Å². The molecule has 1 unspecified atom stereocenters. The summed E-state index contributed by atoms with van der Waals surface area (Å²) >= 11 is 0. The zero-order chi connectivity index (χ0) is 13.1.